The van der Waals surface area contributed by atoms with Crippen LogP contribution in [-0.2, 0) is 24.3 Å². The molecule has 0 saturated heterocycles. The van der Waals surface area contributed by atoms with Gasteiger partial charge in [0.2, 0.25) is 0 Å². The second-order valence-electron chi connectivity index (χ2n) is 4.21. The molecule has 0 spiro atoms. The molecule has 18 heavy (non-hydrogen) atoms. The molecule has 3 heteroatoms. The van der Waals surface area contributed by atoms with Gasteiger partial charge in [-0.15, -0.1) is 11.3 Å². The van der Waals surface area contributed by atoms with Gasteiger partial charge in [0.25, 0.3) is 0 Å². The Morgan fingerprint density at radius 3 is 2.67 bits per heavy atom. The van der Waals surface area contributed by atoms with Crippen molar-refractivity contribution in [2.75, 3.05) is 13.7 Å². The maximum absolute atomic E-state index is 5.21. The van der Waals surface area contributed by atoms with Gasteiger partial charge in [-0.2, -0.15) is 0 Å². The minimum Gasteiger partial charge on any atom is -0.380 e. The minimum absolute atomic E-state index is 0.683. The molecule has 0 radical (unpaired) electrons. The standard InChI is InChI=1S/C15H19NOS/c1-17-12-14-6-3-2-5-13(14)11-16-9-8-15-7-4-10-18-15/h2-7,10,16H,8-9,11-12H2,1H3. The molecule has 0 aliphatic rings. The van der Waals surface area contributed by atoms with E-state index in [1.165, 1.54) is 16.0 Å². The van der Waals surface area contributed by atoms with E-state index in [0.29, 0.717) is 6.61 Å². The van der Waals surface area contributed by atoms with Crippen LogP contribution < -0.4 is 5.32 Å². The van der Waals surface area contributed by atoms with Gasteiger partial charge in [0.15, 0.2) is 0 Å². The highest BCUT2D eigenvalue weighted by molar-refractivity contribution is 7.09. The number of rotatable bonds is 7. The molecule has 1 aromatic carbocycles. The number of methoxy groups -OCH3 is 1. The van der Waals surface area contributed by atoms with E-state index in [1.807, 2.05) is 11.3 Å². The molecule has 96 valence electrons. The van der Waals surface area contributed by atoms with Crippen LogP contribution in [-0.4, -0.2) is 13.7 Å². The summed E-state index contributed by atoms with van der Waals surface area (Å²) in [5.74, 6) is 0. The van der Waals surface area contributed by atoms with Gasteiger partial charge in [0, 0.05) is 25.1 Å². The Balaban J connectivity index is 1.79. The van der Waals surface area contributed by atoms with Crippen molar-refractivity contribution in [3.63, 3.8) is 0 Å². The van der Waals surface area contributed by atoms with Crippen LogP contribution in [0.3, 0.4) is 0 Å². The first-order valence-electron chi connectivity index (χ1n) is 6.19. The van der Waals surface area contributed by atoms with Crippen molar-refractivity contribution in [3.8, 4) is 0 Å². The predicted octanol–water partition coefficient (Wildman–Crippen LogP) is 3.23. The molecular formula is C15H19NOS. The maximum atomic E-state index is 5.21. The van der Waals surface area contributed by atoms with Gasteiger partial charge >= 0.3 is 0 Å². The lowest BCUT2D eigenvalue weighted by atomic mass is 10.1. The van der Waals surface area contributed by atoms with E-state index in [4.69, 9.17) is 4.74 Å². The molecule has 1 aromatic heterocycles. The molecule has 1 N–H and O–H groups in total. The van der Waals surface area contributed by atoms with Crippen molar-refractivity contribution in [1.82, 2.24) is 5.32 Å². The van der Waals surface area contributed by atoms with Gasteiger partial charge < -0.3 is 10.1 Å². The summed E-state index contributed by atoms with van der Waals surface area (Å²) in [5, 5.41) is 5.62. The van der Waals surface area contributed by atoms with Crippen LogP contribution in [0.5, 0.6) is 0 Å². The summed E-state index contributed by atoms with van der Waals surface area (Å²) in [7, 11) is 1.74. The minimum atomic E-state index is 0.683. The smallest absolute Gasteiger partial charge is 0.0716 e. The molecule has 0 saturated carbocycles. The van der Waals surface area contributed by atoms with E-state index in [1.54, 1.807) is 7.11 Å². The van der Waals surface area contributed by atoms with Crippen molar-refractivity contribution >= 4 is 11.3 Å². The highest BCUT2D eigenvalue weighted by Gasteiger charge is 2.00. The summed E-state index contributed by atoms with van der Waals surface area (Å²) in [6, 6.07) is 12.7. The average Bonchev–Trinajstić information content (AvgIpc) is 2.90. The topological polar surface area (TPSA) is 21.3 Å². The molecule has 0 aliphatic carbocycles. The van der Waals surface area contributed by atoms with Crippen molar-refractivity contribution < 1.29 is 4.74 Å². The van der Waals surface area contributed by atoms with Gasteiger partial charge in [-0.25, -0.2) is 0 Å². The number of hydrogen-bond acceptors (Lipinski definition) is 3. The lowest BCUT2D eigenvalue weighted by molar-refractivity contribution is 0.184. The molecule has 2 rings (SSSR count). The molecule has 0 amide bonds. The molecule has 0 atom stereocenters. The zero-order valence-electron chi connectivity index (χ0n) is 10.7. The average molecular weight is 261 g/mol. The van der Waals surface area contributed by atoms with Gasteiger partial charge in [0.1, 0.15) is 0 Å². The normalized spacial score (nSPS) is 10.7. The molecule has 1 heterocycles. The van der Waals surface area contributed by atoms with Crippen LogP contribution in [0, 0.1) is 0 Å². The summed E-state index contributed by atoms with van der Waals surface area (Å²) < 4.78 is 5.21. The summed E-state index contributed by atoms with van der Waals surface area (Å²) in [4.78, 5) is 1.44. The molecule has 0 bridgehead atoms. The van der Waals surface area contributed by atoms with Crippen LogP contribution in [0.4, 0.5) is 0 Å². The third-order valence-electron chi connectivity index (χ3n) is 2.86. The van der Waals surface area contributed by atoms with Gasteiger partial charge in [-0.3, -0.25) is 0 Å². The fourth-order valence-corrected chi connectivity index (χ4v) is 2.62. The summed E-state index contributed by atoms with van der Waals surface area (Å²) in [6.07, 6.45) is 1.10. The van der Waals surface area contributed by atoms with Gasteiger partial charge in [-0.1, -0.05) is 30.3 Å². The van der Waals surface area contributed by atoms with E-state index in [0.717, 1.165) is 19.5 Å². The number of thiophene rings is 1. The quantitative estimate of drug-likeness (QED) is 0.773. The van der Waals surface area contributed by atoms with E-state index >= 15 is 0 Å². The Labute approximate surface area is 113 Å². The third kappa shape index (κ3) is 3.95. The molecule has 0 aliphatic heterocycles. The Bertz CT molecular complexity index is 453. The fourth-order valence-electron chi connectivity index (χ4n) is 1.92. The largest absolute Gasteiger partial charge is 0.380 e. The van der Waals surface area contributed by atoms with Crippen LogP contribution in [0.25, 0.3) is 0 Å². The first kappa shape index (κ1) is 13.3. The van der Waals surface area contributed by atoms with Crippen LogP contribution in [0.15, 0.2) is 41.8 Å². The second kappa shape index (κ2) is 7.31. The molecular weight excluding hydrogens is 242 g/mol. The zero-order chi connectivity index (χ0) is 12.6. The maximum Gasteiger partial charge on any atom is 0.0716 e. The molecule has 2 aromatic rings. The Hall–Kier alpha value is -1.16. The zero-order valence-corrected chi connectivity index (χ0v) is 11.5. The van der Waals surface area contributed by atoms with Crippen LogP contribution in [0.2, 0.25) is 0 Å². The highest BCUT2D eigenvalue weighted by atomic mass is 32.1. The lowest BCUT2D eigenvalue weighted by Gasteiger charge is -2.09. The summed E-state index contributed by atoms with van der Waals surface area (Å²) in [6.45, 7) is 2.61. The van der Waals surface area contributed by atoms with Crippen molar-refractivity contribution in [1.29, 1.82) is 0 Å². The van der Waals surface area contributed by atoms with E-state index in [2.05, 4.69) is 47.1 Å². The molecule has 2 nitrogen and oxygen atoms in total. The first-order valence-corrected chi connectivity index (χ1v) is 7.07. The van der Waals surface area contributed by atoms with E-state index in [-0.39, 0.29) is 0 Å². The molecule has 0 fully saturated rings. The monoisotopic (exact) mass is 261 g/mol. The highest BCUT2D eigenvalue weighted by Crippen LogP contribution is 2.10. The first-order chi connectivity index (χ1) is 8.90. The third-order valence-corrected chi connectivity index (χ3v) is 3.80. The predicted molar refractivity (Wildman–Crippen MR) is 76.9 cm³/mol. The van der Waals surface area contributed by atoms with Crippen molar-refractivity contribution in [2.24, 2.45) is 0 Å². The second-order valence-corrected chi connectivity index (χ2v) is 5.24. The van der Waals surface area contributed by atoms with E-state index in [9.17, 15) is 0 Å². The Morgan fingerprint density at radius 2 is 1.94 bits per heavy atom. The molecule has 0 unspecified atom stereocenters. The van der Waals surface area contributed by atoms with E-state index < -0.39 is 0 Å². The Kier molecular flexibility index (Phi) is 5.39. The van der Waals surface area contributed by atoms with Crippen LogP contribution >= 0.6 is 11.3 Å². The number of benzene rings is 1. The van der Waals surface area contributed by atoms with Crippen molar-refractivity contribution in [3.05, 3.63) is 57.8 Å². The Morgan fingerprint density at radius 1 is 1.11 bits per heavy atom. The SMILES string of the molecule is COCc1ccccc1CNCCc1cccs1. The van der Waals surface area contributed by atoms with Gasteiger partial charge in [0.05, 0.1) is 6.61 Å². The fraction of sp³-hybridized carbons (Fsp3) is 0.333. The van der Waals surface area contributed by atoms with Crippen LogP contribution in [0.1, 0.15) is 16.0 Å². The number of ether oxygens (including phenoxy) is 1. The van der Waals surface area contributed by atoms with Gasteiger partial charge in [-0.05, 0) is 29.0 Å². The number of nitrogens with one attached hydrogen (secondary N) is 1. The summed E-state index contributed by atoms with van der Waals surface area (Å²) >= 11 is 1.82. The number of hydrogen-bond donors (Lipinski definition) is 1. The lowest BCUT2D eigenvalue weighted by Crippen LogP contribution is -2.17. The van der Waals surface area contributed by atoms with Crippen molar-refractivity contribution in [2.45, 2.75) is 19.6 Å². The summed E-state index contributed by atoms with van der Waals surface area (Å²) in [5.41, 5.74) is 2.59.